The summed E-state index contributed by atoms with van der Waals surface area (Å²) in [5.41, 5.74) is 1.01. The summed E-state index contributed by atoms with van der Waals surface area (Å²) >= 11 is 1.03. The Kier molecular flexibility index (Phi) is 5.24. The van der Waals surface area contributed by atoms with E-state index < -0.39 is 10.0 Å². The van der Waals surface area contributed by atoms with Crippen LogP contribution in [0.25, 0.3) is 11.0 Å². The van der Waals surface area contributed by atoms with Gasteiger partial charge in [-0.1, -0.05) is 6.07 Å². The maximum absolute atomic E-state index is 12.9. The topological polar surface area (TPSA) is 84.4 Å². The highest BCUT2D eigenvalue weighted by Gasteiger charge is 2.36. The molecule has 2 saturated heterocycles. The molecule has 0 aliphatic carbocycles. The Morgan fingerprint density at radius 2 is 1.96 bits per heavy atom. The van der Waals surface area contributed by atoms with Crippen molar-refractivity contribution < 1.29 is 13.2 Å². The maximum Gasteiger partial charge on any atom is 0.242 e. The molecule has 142 valence electrons. The molecule has 26 heavy (non-hydrogen) atoms. The molecule has 0 spiro atoms. The van der Waals surface area contributed by atoms with Crippen molar-refractivity contribution in [3.05, 3.63) is 18.2 Å². The molecule has 1 N–H and O–H groups in total. The van der Waals surface area contributed by atoms with Crippen LogP contribution in [0.1, 0.15) is 25.7 Å². The molecule has 2 aromatic rings. The molecule has 9 heteroatoms. The molecule has 4 rings (SSSR count). The fourth-order valence-corrected chi connectivity index (χ4v) is 5.86. The zero-order valence-corrected chi connectivity index (χ0v) is 16.3. The molecule has 2 fully saturated rings. The Morgan fingerprint density at radius 3 is 2.73 bits per heavy atom. The van der Waals surface area contributed by atoms with E-state index in [-0.39, 0.29) is 10.3 Å². The van der Waals surface area contributed by atoms with Gasteiger partial charge in [-0.15, -0.1) is 0 Å². The van der Waals surface area contributed by atoms with E-state index in [0.29, 0.717) is 30.8 Å². The van der Waals surface area contributed by atoms with Crippen LogP contribution >= 0.6 is 11.7 Å². The molecule has 0 saturated carbocycles. The summed E-state index contributed by atoms with van der Waals surface area (Å²) in [6.07, 6.45) is 4.23. The first-order valence-corrected chi connectivity index (χ1v) is 11.3. The summed E-state index contributed by atoms with van der Waals surface area (Å²) in [5.74, 6) is 0. The molecule has 2 aliphatic heterocycles. The molecule has 7 nitrogen and oxygen atoms in total. The second kappa shape index (κ2) is 7.47. The fourth-order valence-electron chi connectivity index (χ4n) is 3.93. The van der Waals surface area contributed by atoms with Gasteiger partial charge in [0.05, 0.1) is 11.7 Å². The number of hydrogen-bond acceptors (Lipinski definition) is 7. The summed E-state index contributed by atoms with van der Waals surface area (Å²) in [5, 5.41) is 0. The standard InChI is InChI=1S/C17H24N4O3S2/c22-26(23,15-5-3-4-14-16(15)20-25-19-14)18-12-17(6-10-24-11-7-17)13-21-8-1-2-9-21/h3-5,18H,1-2,6-13H2. The average Bonchev–Trinajstić information content (AvgIpc) is 3.32. The van der Waals surface area contributed by atoms with E-state index in [9.17, 15) is 8.42 Å². The highest BCUT2D eigenvalue weighted by Crippen LogP contribution is 2.33. The lowest BCUT2D eigenvalue weighted by molar-refractivity contribution is 0.00157. The van der Waals surface area contributed by atoms with Crippen LogP contribution in [0.15, 0.2) is 23.1 Å². The monoisotopic (exact) mass is 396 g/mol. The molecule has 1 aromatic heterocycles. The number of ether oxygens (including phenoxy) is 1. The predicted molar refractivity (Wildman–Crippen MR) is 101 cm³/mol. The molecular weight excluding hydrogens is 372 g/mol. The first-order chi connectivity index (χ1) is 12.6. The van der Waals surface area contributed by atoms with Crippen LogP contribution in [0.2, 0.25) is 0 Å². The van der Waals surface area contributed by atoms with Crippen molar-refractivity contribution in [2.45, 2.75) is 30.6 Å². The number of rotatable bonds is 6. The Labute approximate surface area is 158 Å². The van der Waals surface area contributed by atoms with E-state index in [1.54, 1.807) is 18.2 Å². The van der Waals surface area contributed by atoms with Gasteiger partial charge in [-0.05, 0) is 50.9 Å². The number of benzene rings is 1. The zero-order chi connectivity index (χ0) is 18.0. The molecule has 0 amide bonds. The van der Waals surface area contributed by atoms with Gasteiger partial charge in [0.25, 0.3) is 0 Å². The Bertz CT molecular complexity index is 856. The minimum absolute atomic E-state index is 0.0656. The lowest BCUT2D eigenvalue weighted by Crippen LogP contribution is -2.48. The number of fused-ring (bicyclic) bond motifs is 1. The van der Waals surface area contributed by atoms with Crippen molar-refractivity contribution in [2.24, 2.45) is 5.41 Å². The number of aromatic nitrogens is 2. The van der Waals surface area contributed by atoms with Crippen LogP contribution in [-0.4, -0.2) is 61.5 Å². The third kappa shape index (κ3) is 3.77. The van der Waals surface area contributed by atoms with E-state index in [2.05, 4.69) is 18.4 Å². The normalized spacial score (nSPS) is 21.4. The van der Waals surface area contributed by atoms with Gasteiger partial charge in [-0.25, -0.2) is 13.1 Å². The Balaban J connectivity index is 1.53. The molecule has 0 radical (unpaired) electrons. The first-order valence-electron chi connectivity index (χ1n) is 9.09. The molecule has 0 unspecified atom stereocenters. The summed E-state index contributed by atoms with van der Waals surface area (Å²) in [6, 6.07) is 5.10. The second-order valence-electron chi connectivity index (χ2n) is 7.31. The lowest BCUT2D eigenvalue weighted by atomic mass is 9.80. The summed E-state index contributed by atoms with van der Waals surface area (Å²) in [4.78, 5) is 2.68. The highest BCUT2D eigenvalue weighted by molar-refractivity contribution is 7.89. The largest absolute Gasteiger partial charge is 0.381 e. The third-order valence-electron chi connectivity index (χ3n) is 5.49. The Hall–Kier alpha value is -1.13. The zero-order valence-electron chi connectivity index (χ0n) is 14.7. The molecular formula is C17H24N4O3S2. The number of nitrogens with zero attached hydrogens (tertiary/aromatic N) is 3. The van der Waals surface area contributed by atoms with Crippen molar-refractivity contribution >= 4 is 32.8 Å². The fraction of sp³-hybridized carbons (Fsp3) is 0.647. The number of likely N-dealkylation sites (tertiary alicyclic amines) is 1. The van der Waals surface area contributed by atoms with Crippen molar-refractivity contribution in [3.63, 3.8) is 0 Å². The SMILES string of the molecule is O=S(=O)(NCC1(CN2CCCC2)CCOCC1)c1cccc2nsnc12. The quantitative estimate of drug-likeness (QED) is 0.802. The minimum Gasteiger partial charge on any atom is -0.381 e. The highest BCUT2D eigenvalue weighted by atomic mass is 32.2. The van der Waals surface area contributed by atoms with Gasteiger partial charge in [0, 0.05) is 31.7 Å². The van der Waals surface area contributed by atoms with E-state index in [0.717, 1.165) is 44.2 Å². The van der Waals surface area contributed by atoms with Gasteiger partial charge in [-0.3, -0.25) is 0 Å². The lowest BCUT2D eigenvalue weighted by Gasteiger charge is -2.40. The summed E-state index contributed by atoms with van der Waals surface area (Å²) in [6.45, 7) is 4.98. The Morgan fingerprint density at radius 1 is 1.19 bits per heavy atom. The van der Waals surface area contributed by atoms with Gasteiger partial charge >= 0.3 is 0 Å². The summed E-state index contributed by atoms with van der Waals surface area (Å²) in [7, 11) is -3.63. The van der Waals surface area contributed by atoms with Crippen LogP contribution in [-0.2, 0) is 14.8 Å². The maximum atomic E-state index is 12.9. The predicted octanol–water partition coefficient (Wildman–Crippen LogP) is 1.86. The van der Waals surface area contributed by atoms with Crippen molar-refractivity contribution in [1.29, 1.82) is 0 Å². The van der Waals surface area contributed by atoms with E-state index in [1.807, 2.05) is 0 Å². The van der Waals surface area contributed by atoms with Gasteiger partial charge in [-0.2, -0.15) is 8.75 Å². The molecule has 3 heterocycles. The van der Waals surface area contributed by atoms with E-state index in [1.165, 1.54) is 12.8 Å². The van der Waals surface area contributed by atoms with Crippen molar-refractivity contribution in [2.75, 3.05) is 39.4 Å². The smallest absolute Gasteiger partial charge is 0.242 e. The van der Waals surface area contributed by atoms with Crippen LogP contribution in [0, 0.1) is 5.41 Å². The van der Waals surface area contributed by atoms with Crippen LogP contribution in [0.4, 0.5) is 0 Å². The van der Waals surface area contributed by atoms with E-state index in [4.69, 9.17) is 4.74 Å². The molecule has 0 bridgehead atoms. The van der Waals surface area contributed by atoms with Crippen LogP contribution in [0.3, 0.4) is 0 Å². The minimum atomic E-state index is -3.63. The first kappa shape index (κ1) is 18.2. The molecule has 1 aromatic carbocycles. The molecule has 0 atom stereocenters. The summed E-state index contributed by atoms with van der Waals surface area (Å²) < 4.78 is 42.6. The van der Waals surface area contributed by atoms with E-state index >= 15 is 0 Å². The van der Waals surface area contributed by atoms with Crippen LogP contribution < -0.4 is 4.72 Å². The van der Waals surface area contributed by atoms with Gasteiger partial charge in [0.1, 0.15) is 15.9 Å². The van der Waals surface area contributed by atoms with Gasteiger partial charge in [0.15, 0.2) is 0 Å². The average molecular weight is 397 g/mol. The number of nitrogens with one attached hydrogen (secondary N) is 1. The number of hydrogen-bond donors (Lipinski definition) is 1. The molecule has 2 aliphatic rings. The van der Waals surface area contributed by atoms with Crippen molar-refractivity contribution in [3.8, 4) is 0 Å². The van der Waals surface area contributed by atoms with Crippen LogP contribution in [0.5, 0.6) is 0 Å². The van der Waals surface area contributed by atoms with Gasteiger partial charge < -0.3 is 9.64 Å². The van der Waals surface area contributed by atoms with Gasteiger partial charge in [0.2, 0.25) is 10.0 Å². The third-order valence-corrected chi connectivity index (χ3v) is 7.46. The van der Waals surface area contributed by atoms with Crippen molar-refractivity contribution in [1.82, 2.24) is 18.4 Å². The number of sulfonamides is 1. The second-order valence-corrected chi connectivity index (χ2v) is 9.57.